The number of hydrogen-bond acceptors (Lipinski definition) is 5. The number of benzene rings is 2. The Labute approximate surface area is 171 Å². The van der Waals surface area contributed by atoms with Crippen molar-refractivity contribution in [3.8, 4) is 16.5 Å². The Kier molecular flexibility index (Phi) is 6.43. The number of thiophene rings is 1. The molecule has 0 fully saturated rings. The molecule has 0 aliphatic rings. The highest BCUT2D eigenvalue weighted by Gasteiger charge is 2.14. The number of nitriles is 1. The SMILES string of the molecule is N#CCc1ccc(NC(=O)COC(=O)c2ccc(-c3ccc(Cl)cc3)s2)cc1. The molecule has 7 heteroatoms. The van der Waals surface area contributed by atoms with Crippen LogP contribution in [-0.4, -0.2) is 18.5 Å². The van der Waals surface area contributed by atoms with E-state index in [9.17, 15) is 9.59 Å². The van der Waals surface area contributed by atoms with Crippen molar-refractivity contribution in [3.63, 3.8) is 0 Å². The number of rotatable bonds is 6. The Morgan fingerprint density at radius 1 is 1.04 bits per heavy atom. The third kappa shape index (κ3) is 5.19. The van der Waals surface area contributed by atoms with Gasteiger partial charge >= 0.3 is 5.97 Å². The lowest BCUT2D eigenvalue weighted by Crippen LogP contribution is -2.20. The van der Waals surface area contributed by atoms with Gasteiger partial charge in [-0.2, -0.15) is 5.26 Å². The number of carbonyl (C=O) groups is 2. The number of nitrogens with one attached hydrogen (secondary N) is 1. The summed E-state index contributed by atoms with van der Waals surface area (Å²) in [5, 5.41) is 11.9. The smallest absolute Gasteiger partial charge is 0.348 e. The predicted octanol–water partition coefficient (Wildman–Crippen LogP) is 4.93. The average Bonchev–Trinajstić information content (AvgIpc) is 3.19. The molecule has 0 bridgehead atoms. The van der Waals surface area contributed by atoms with Gasteiger partial charge in [-0.05, 0) is 47.5 Å². The second kappa shape index (κ2) is 9.18. The fraction of sp³-hybridized carbons (Fsp3) is 0.0952. The first-order valence-corrected chi connectivity index (χ1v) is 9.53. The lowest BCUT2D eigenvalue weighted by molar-refractivity contribution is -0.119. The van der Waals surface area contributed by atoms with Crippen molar-refractivity contribution < 1.29 is 14.3 Å². The van der Waals surface area contributed by atoms with E-state index >= 15 is 0 Å². The first-order valence-electron chi connectivity index (χ1n) is 8.34. The maximum absolute atomic E-state index is 12.2. The maximum Gasteiger partial charge on any atom is 0.348 e. The van der Waals surface area contributed by atoms with Gasteiger partial charge in [0.05, 0.1) is 12.5 Å². The van der Waals surface area contributed by atoms with Crippen molar-refractivity contribution in [3.05, 3.63) is 76.1 Å². The van der Waals surface area contributed by atoms with Crippen LogP contribution >= 0.6 is 22.9 Å². The number of anilines is 1. The van der Waals surface area contributed by atoms with Crippen LogP contribution in [0.4, 0.5) is 5.69 Å². The van der Waals surface area contributed by atoms with Gasteiger partial charge in [0.1, 0.15) is 4.88 Å². The lowest BCUT2D eigenvalue weighted by Gasteiger charge is -2.06. The summed E-state index contributed by atoms with van der Waals surface area (Å²) in [7, 11) is 0. The van der Waals surface area contributed by atoms with Crippen LogP contribution in [0.2, 0.25) is 5.02 Å². The molecule has 0 saturated carbocycles. The number of amides is 1. The van der Waals surface area contributed by atoms with Crippen LogP contribution in [0.5, 0.6) is 0 Å². The summed E-state index contributed by atoms with van der Waals surface area (Å²) in [5.41, 5.74) is 2.39. The van der Waals surface area contributed by atoms with E-state index in [1.54, 1.807) is 42.5 Å². The van der Waals surface area contributed by atoms with Crippen LogP contribution in [-0.2, 0) is 16.0 Å². The molecule has 0 aliphatic carbocycles. The summed E-state index contributed by atoms with van der Waals surface area (Å²) >= 11 is 7.17. The van der Waals surface area contributed by atoms with Gasteiger partial charge in [0.15, 0.2) is 6.61 Å². The molecular weight excluding hydrogens is 396 g/mol. The number of carbonyl (C=O) groups excluding carboxylic acids is 2. The summed E-state index contributed by atoms with van der Waals surface area (Å²) in [4.78, 5) is 25.5. The van der Waals surface area contributed by atoms with Gasteiger partial charge in [-0.15, -0.1) is 11.3 Å². The molecule has 1 aromatic heterocycles. The largest absolute Gasteiger partial charge is 0.451 e. The van der Waals surface area contributed by atoms with Gasteiger partial charge in [0.2, 0.25) is 0 Å². The van der Waals surface area contributed by atoms with E-state index in [2.05, 4.69) is 11.4 Å². The van der Waals surface area contributed by atoms with Gasteiger partial charge in [-0.25, -0.2) is 4.79 Å². The topological polar surface area (TPSA) is 79.2 Å². The van der Waals surface area contributed by atoms with Crippen molar-refractivity contribution in [2.24, 2.45) is 0 Å². The monoisotopic (exact) mass is 410 g/mol. The van der Waals surface area contributed by atoms with Gasteiger partial charge in [0, 0.05) is 15.6 Å². The molecule has 0 radical (unpaired) electrons. The fourth-order valence-corrected chi connectivity index (χ4v) is 3.44. The Morgan fingerprint density at radius 2 is 1.75 bits per heavy atom. The highest BCUT2D eigenvalue weighted by molar-refractivity contribution is 7.17. The molecule has 2 aromatic carbocycles. The highest BCUT2D eigenvalue weighted by atomic mass is 35.5. The molecule has 140 valence electrons. The standard InChI is InChI=1S/C21H15ClN2O3S/c22-16-5-3-15(4-6-16)18-9-10-19(28-18)21(26)27-13-20(25)24-17-7-1-14(2-8-17)11-12-23/h1-10H,11,13H2,(H,24,25). The Balaban J connectivity index is 1.53. The molecule has 5 nitrogen and oxygen atoms in total. The molecular formula is C21H15ClN2O3S. The van der Waals surface area contributed by atoms with Crippen LogP contribution in [0.25, 0.3) is 10.4 Å². The summed E-state index contributed by atoms with van der Waals surface area (Å²) in [5.74, 6) is -0.986. The minimum absolute atomic E-state index is 0.310. The van der Waals surface area contributed by atoms with Gasteiger partial charge in [-0.1, -0.05) is 35.9 Å². The van der Waals surface area contributed by atoms with Crippen LogP contribution in [0.1, 0.15) is 15.2 Å². The summed E-state index contributed by atoms with van der Waals surface area (Å²) in [6.45, 7) is -0.382. The van der Waals surface area contributed by atoms with Gasteiger partial charge < -0.3 is 10.1 Å². The zero-order chi connectivity index (χ0) is 19.9. The number of esters is 1. The molecule has 0 saturated heterocycles. The van der Waals surface area contributed by atoms with Gasteiger partial charge in [-0.3, -0.25) is 4.79 Å². The first kappa shape index (κ1) is 19.6. The van der Waals surface area contributed by atoms with Crippen LogP contribution in [0, 0.1) is 11.3 Å². The summed E-state index contributed by atoms with van der Waals surface area (Å²) in [6, 6.07) is 19.8. The third-order valence-corrected chi connectivity index (χ3v) is 5.16. The van der Waals surface area contributed by atoms with Gasteiger partial charge in [0.25, 0.3) is 5.91 Å². The van der Waals surface area contributed by atoms with E-state index in [0.717, 1.165) is 16.0 Å². The normalized spacial score (nSPS) is 10.1. The zero-order valence-electron chi connectivity index (χ0n) is 14.6. The van der Waals surface area contributed by atoms with Crippen molar-refractivity contribution in [2.75, 3.05) is 11.9 Å². The minimum Gasteiger partial charge on any atom is -0.451 e. The number of halogens is 1. The second-order valence-electron chi connectivity index (χ2n) is 5.83. The third-order valence-electron chi connectivity index (χ3n) is 3.79. The van der Waals surface area contributed by atoms with E-state index in [1.807, 2.05) is 18.2 Å². The first-order chi connectivity index (χ1) is 13.5. The summed E-state index contributed by atoms with van der Waals surface area (Å²) < 4.78 is 5.09. The molecule has 1 heterocycles. The van der Waals surface area contributed by atoms with Crippen molar-refractivity contribution in [2.45, 2.75) is 6.42 Å². The molecule has 28 heavy (non-hydrogen) atoms. The quantitative estimate of drug-likeness (QED) is 0.584. The van der Waals surface area contributed by atoms with Crippen molar-refractivity contribution in [1.29, 1.82) is 5.26 Å². The summed E-state index contributed by atoms with van der Waals surface area (Å²) in [6.07, 6.45) is 0.310. The lowest BCUT2D eigenvalue weighted by atomic mass is 10.1. The second-order valence-corrected chi connectivity index (χ2v) is 7.35. The van der Waals surface area contributed by atoms with E-state index in [4.69, 9.17) is 21.6 Å². The van der Waals surface area contributed by atoms with Crippen LogP contribution in [0.15, 0.2) is 60.7 Å². The average molecular weight is 411 g/mol. The number of nitrogens with zero attached hydrogens (tertiary/aromatic N) is 1. The predicted molar refractivity (Wildman–Crippen MR) is 109 cm³/mol. The van der Waals surface area contributed by atoms with Crippen LogP contribution < -0.4 is 5.32 Å². The fourth-order valence-electron chi connectivity index (χ4n) is 2.41. The molecule has 0 spiro atoms. The molecule has 3 rings (SSSR count). The molecule has 0 aliphatic heterocycles. The molecule has 1 amide bonds. The Bertz CT molecular complexity index is 1020. The van der Waals surface area contributed by atoms with Crippen LogP contribution in [0.3, 0.4) is 0 Å². The molecule has 0 unspecified atom stereocenters. The van der Waals surface area contributed by atoms with E-state index in [-0.39, 0.29) is 6.61 Å². The Hall–Kier alpha value is -3.14. The maximum atomic E-state index is 12.2. The number of ether oxygens (including phenoxy) is 1. The van der Waals surface area contributed by atoms with Crippen molar-refractivity contribution in [1.82, 2.24) is 0 Å². The van der Waals surface area contributed by atoms with Crippen molar-refractivity contribution >= 4 is 40.5 Å². The Morgan fingerprint density at radius 3 is 2.43 bits per heavy atom. The highest BCUT2D eigenvalue weighted by Crippen LogP contribution is 2.29. The number of hydrogen-bond donors (Lipinski definition) is 1. The molecule has 0 atom stereocenters. The van der Waals surface area contributed by atoms with E-state index < -0.39 is 11.9 Å². The molecule has 1 N–H and O–H groups in total. The van der Waals surface area contributed by atoms with E-state index in [1.165, 1.54) is 11.3 Å². The molecule has 3 aromatic rings. The van der Waals surface area contributed by atoms with E-state index in [0.29, 0.717) is 22.0 Å². The minimum atomic E-state index is -0.551. The zero-order valence-corrected chi connectivity index (χ0v) is 16.2.